The van der Waals surface area contributed by atoms with Crippen LogP contribution in [0.3, 0.4) is 0 Å². The summed E-state index contributed by atoms with van der Waals surface area (Å²) in [6.45, 7) is 3.76. The topological polar surface area (TPSA) is 41.6 Å². The molecule has 2 atom stereocenters. The van der Waals surface area contributed by atoms with E-state index >= 15 is 0 Å². The molecule has 1 N–H and O–H groups in total. The van der Waals surface area contributed by atoms with Crippen LogP contribution in [0.25, 0.3) is 0 Å². The van der Waals surface area contributed by atoms with Gasteiger partial charge in [-0.2, -0.15) is 0 Å². The molecule has 108 valence electrons. The number of carbonyl (C=O) groups excluding carboxylic acids is 1. The van der Waals surface area contributed by atoms with E-state index in [0.29, 0.717) is 18.6 Å². The van der Waals surface area contributed by atoms with E-state index in [1.54, 1.807) is 0 Å². The summed E-state index contributed by atoms with van der Waals surface area (Å²) < 4.78 is 5.59. The summed E-state index contributed by atoms with van der Waals surface area (Å²) in [5.41, 5.74) is 2.09. The number of ether oxygens (including phenoxy) is 1. The van der Waals surface area contributed by atoms with Gasteiger partial charge in [-0.3, -0.25) is 4.79 Å². The van der Waals surface area contributed by atoms with Gasteiger partial charge in [0.1, 0.15) is 0 Å². The predicted molar refractivity (Wildman–Crippen MR) is 80.1 cm³/mol. The van der Waals surface area contributed by atoms with Gasteiger partial charge in [0.05, 0.1) is 17.5 Å². The highest BCUT2D eigenvalue weighted by atomic mass is 16.5. The summed E-state index contributed by atoms with van der Waals surface area (Å²) in [4.78, 5) is 13.9. The maximum absolute atomic E-state index is 11.9. The highest BCUT2D eigenvalue weighted by Gasteiger charge is 2.25. The molecule has 1 aromatic rings. The molecule has 0 aromatic heterocycles. The number of para-hydroxylation sites is 2. The molecule has 0 radical (unpaired) electrons. The Morgan fingerprint density at radius 3 is 2.95 bits per heavy atom. The number of carbonyl (C=O) groups is 1. The lowest BCUT2D eigenvalue weighted by molar-refractivity contribution is -0.117. The van der Waals surface area contributed by atoms with Gasteiger partial charge in [-0.05, 0) is 38.3 Å². The second kappa shape index (κ2) is 5.83. The summed E-state index contributed by atoms with van der Waals surface area (Å²) in [7, 11) is 0. The summed E-state index contributed by atoms with van der Waals surface area (Å²) in [6.07, 6.45) is 3.97. The monoisotopic (exact) mass is 274 g/mol. The van der Waals surface area contributed by atoms with Crippen molar-refractivity contribution in [1.82, 2.24) is 0 Å². The normalized spacial score (nSPS) is 26.9. The maximum Gasteiger partial charge on any atom is 0.227 e. The smallest absolute Gasteiger partial charge is 0.227 e. The zero-order valence-corrected chi connectivity index (χ0v) is 12.0. The van der Waals surface area contributed by atoms with Crippen molar-refractivity contribution < 1.29 is 9.53 Å². The van der Waals surface area contributed by atoms with Crippen molar-refractivity contribution in [2.75, 3.05) is 23.4 Å². The molecule has 0 saturated carbocycles. The highest BCUT2D eigenvalue weighted by Crippen LogP contribution is 2.31. The van der Waals surface area contributed by atoms with Crippen LogP contribution in [0.15, 0.2) is 24.3 Å². The Labute approximate surface area is 120 Å². The molecular weight excluding hydrogens is 252 g/mol. The van der Waals surface area contributed by atoms with E-state index in [1.165, 1.54) is 0 Å². The van der Waals surface area contributed by atoms with E-state index in [2.05, 4.69) is 18.3 Å². The van der Waals surface area contributed by atoms with Gasteiger partial charge < -0.3 is 15.0 Å². The van der Waals surface area contributed by atoms with E-state index in [-0.39, 0.29) is 5.91 Å². The molecular formula is C16H22N2O2. The molecule has 2 unspecified atom stereocenters. The van der Waals surface area contributed by atoms with Gasteiger partial charge in [-0.25, -0.2) is 0 Å². The van der Waals surface area contributed by atoms with Crippen molar-refractivity contribution >= 4 is 17.3 Å². The van der Waals surface area contributed by atoms with Crippen molar-refractivity contribution in [3.63, 3.8) is 0 Å². The van der Waals surface area contributed by atoms with Crippen molar-refractivity contribution in [3.05, 3.63) is 24.3 Å². The third kappa shape index (κ3) is 2.80. The molecule has 3 rings (SSSR count). The largest absolute Gasteiger partial charge is 0.380 e. The molecule has 2 aliphatic rings. The minimum atomic E-state index is 0.236. The Bertz CT molecular complexity index is 489. The molecule has 0 bridgehead atoms. The maximum atomic E-state index is 11.9. The lowest BCUT2D eigenvalue weighted by Crippen LogP contribution is -2.33. The fraction of sp³-hybridized carbons (Fsp3) is 0.562. The van der Waals surface area contributed by atoms with Crippen molar-refractivity contribution in [1.29, 1.82) is 0 Å². The lowest BCUT2D eigenvalue weighted by Gasteiger charge is -2.30. The average Bonchev–Trinajstić information content (AvgIpc) is 2.86. The van der Waals surface area contributed by atoms with Crippen LogP contribution in [0.1, 0.15) is 32.6 Å². The highest BCUT2D eigenvalue weighted by molar-refractivity contribution is 5.98. The summed E-state index contributed by atoms with van der Waals surface area (Å²) in [5, 5.41) is 3.60. The molecule has 2 fully saturated rings. The molecule has 2 saturated heterocycles. The third-order valence-corrected chi connectivity index (χ3v) is 4.11. The van der Waals surface area contributed by atoms with Crippen LogP contribution in [0.2, 0.25) is 0 Å². The van der Waals surface area contributed by atoms with Crippen molar-refractivity contribution in [2.24, 2.45) is 0 Å². The number of nitrogens with one attached hydrogen (secondary N) is 1. The molecule has 20 heavy (non-hydrogen) atoms. The fourth-order valence-electron chi connectivity index (χ4n) is 3.08. The second-order valence-electron chi connectivity index (χ2n) is 5.71. The molecule has 1 amide bonds. The summed E-state index contributed by atoms with van der Waals surface area (Å²) in [6, 6.07) is 8.56. The number of hydrogen-bond acceptors (Lipinski definition) is 3. The molecule has 4 nitrogen and oxygen atoms in total. The van der Waals surface area contributed by atoms with Gasteiger partial charge >= 0.3 is 0 Å². The van der Waals surface area contributed by atoms with Crippen LogP contribution in [0.4, 0.5) is 11.4 Å². The molecule has 2 aliphatic heterocycles. The average molecular weight is 274 g/mol. The van der Waals surface area contributed by atoms with E-state index in [4.69, 9.17) is 4.74 Å². The van der Waals surface area contributed by atoms with E-state index < -0.39 is 0 Å². The number of benzene rings is 1. The standard InChI is InChI=1S/C16H22N2O2/c1-12-11-13(8-10-20-12)17-14-5-2-3-6-15(14)18-9-4-7-16(18)19/h2-3,5-6,12-13,17H,4,7-11H2,1H3. The predicted octanol–water partition coefficient (Wildman–Crippen LogP) is 2.79. The summed E-state index contributed by atoms with van der Waals surface area (Å²) >= 11 is 0. The van der Waals surface area contributed by atoms with Gasteiger partial charge in [-0.1, -0.05) is 12.1 Å². The van der Waals surface area contributed by atoms with Gasteiger partial charge in [-0.15, -0.1) is 0 Å². The number of nitrogens with zero attached hydrogens (tertiary/aromatic N) is 1. The number of hydrogen-bond donors (Lipinski definition) is 1. The van der Waals surface area contributed by atoms with Gasteiger partial charge in [0, 0.05) is 25.6 Å². The zero-order chi connectivity index (χ0) is 13.9. The van der Waals surface area contributed by atoms with Crippen molar-refractivity contribution in [2.45, 2.75) is 44.8 Å². The van der Waals surface area contributed by atoms with Crippen LogP contribution < -0.4 is 10.2 Å². The van der Waals surface area contributed by atoms with Gasteiger partial charge in [0.25, 0.3) is 0 Å². The minimum Gasteiger partial charge on any atom is -0.380 e. The van der Waals surface area contributed by atoms with Gasteiger partial charge in [0.2, 0.25) is 5.91 Å². The van der Waals surface area contributed by atoms with E-state index in [1.807, 2.05) is 23.1 Å². The SMILES string of the molecule is CC1CC(Nc2ccccc2N2CCCC2=O)CCO1. The Morgan fingerprint density at radius 1 is 1.35 bits per heavy atom. The Balaban J connectivity index is 1.77. The number of rotatable bonds is 3. The minimum absolute atomic E-state index is 0.236. The van der Waals surface area contributed by atoms with E-state index in [9.17, 15) is 4.79 Å². The Kier molecular flexibility index (Phi) is 3.92. The first-order valence-corrected chi connectivity index (χ1v) is 7.51. The first-order chi connectivity index (χ1) is 9.74. The number of anilines is 2. The molecule has 1 aromatic carbocycles. The molecule has 2 heterocycles. The molecule has 0 spiro atoms. The van der Waals surface area contributed by atoms with Crippen LogP contribution in [0, 0.1) is 0 Å². The van der Waals surface area contributed by atoms with Crippen LogP contribution >= 0.6 is 0 Å². The summed E-state index contributed by atoms with van der Waals surface area (Å²) in [5.74, 6) is 0.236. The molecule has 4 heteroatoms. The Hall–Kier alpha value is -1.55. The molecule has 0 aliphatic carbocycles. The number of amides is 1. The second-order valence-corrected chi connectivity index (χ2v) is 5.71. The van der Waals surface area contributed by atoms with Crippen molar-refractivity contribution in [3.8, 4) is 0 Å². The lowest BCUT2D eigenvalue weighted by atomic mass is 10.0. The zero-order valence-electron chi connectivity index (χ0n) is 12.0. The van der Waals surface area contributed by atoms with Crippen LogP contribution in [-0.4, -0.2) is 31.2 Å². The van der Waals surface area contributed by atoms with Gasteiger partial charge in [0.15, 0.2) is 0 Å². The quantitative estimate of drug-likeness (QED) is 0.921. The van der Waals surface area contributed by atoms with Crippen LogP contribution in [0.5, 0.6) is 0 Å². The third-order valence-electron chi connectivity index (χ3n) is 4.11. The Morgan fingerprint density at radius 2 is 2.20 bits per heavy atom. The first kappa shape index (κ1) is 13.4. The van der Waals surface area contributed by atoms with Crippen LogP contribution in [-0.2, 0) is 9.53 Å². The fourth-order valence-corrected chi connectivity index (χ4v) is 3.08. The first-order valence-electron chi connectivity index (χ1n) is 7.51. The van der Waals surface area contributed by atoms with E-state index in [0.717, 1.165) is 43.8 Å².